The molecule has 4 amide bonds. The average molecular weight is 2110 g/mol. The lowest BCUT2D eigenvalue weighted by Crippen LogP contribution is -2.77. The zero-order valence-electron chi connectivity index (χ0n) is 83.4. The van der Waals surface area contributed by atoms with Gasteiger partial charge in [-0.25, -0.2) is 9.59 Å². The summed E-state index contributed by atoms with van der Waals surface area (Å²) in [5.41, 5.74) is 11.6. The van der Waals surface area contributed by atoms with E-state index in [2.05, 4.69) is 31.1 Å². The first-order chi connectivity index (χ1) is 71.0. The number of piperidine rings is 2. The summed E-state index contributed by atoms with van der Waals surface area (Å²) >= 11 is 0. The molecule has 12 unspecified atom stereocenters. The number of carbonyl (C=O) groups is 7. The fourth-order valence-electron chi connectivity index (χ4n) is 25.1. The van der Waals surface area contributed by atoms with Crippen molar-refractivity contribution in [3.05, 3.63) is 58.4 Å². The van der Waals surface area contributed by atoms with Gasteiger partial charge in [0.15, 0.2) is 78.7 Å². The Morgan fingerprint density at radius 1 is 0.459 bits per heavy atom. The van der Waals surface area contributed by atoms with E-state index < -0.39 is 294 Å². The highest BCUT2D eigenvalue weighted by atomic mass is 16.8. The molecule has 8 saturated heterocycles. The number of aliphatic hydroxyl groups is 14. The Kier molecular flexibility index (Phi) is 35.3. The molecule has 16 aliphatic rings. The lowest BCUT2D eigenvalue weighted by atomic mass is 9.48. The average Bonchev–Trinajstić information content (AvgIpc) is 1.42. The number of hydrogen-bond acceptors (Lipinski definition) is 46. The number of unbranched alkanes of at least 4 members (excludes halogenated alkanes) is 4. The maximum Gasteiger partial charge on any atom is 0.513 e. The highest BCUT2D eigenvalue weighted by Gasteiger charge is 2.77. The van der Waals surface area contributed by atoms with Crippen molar-refractivity contribution in [3.63, 3.8) is 0 Å². The van der Waals surface area contributed by atoms with Crippen LogP contribution in [0.3, 0.4) is 0 Å². The largest absolute Gasteiger partial charge is 0.513 e. The molecule has 6 aliphatic carbocycles. The Hall–Kier alpha value is -7.77. The van der Waals surface area contributed by atoms with E-state index in [1.807, 2.05) is 12.1 Å². The summed E-state index contributed by atoms with van der Waals surface area (Å²) in [6.45, 7) is 1.12. The molecule has 50 heteroatoms. The van der Waals surface area contributed by atoms with Crippen LogP contribution in [0.1, 0.15) is 145 Å². The van der Waals surface area contributed by atoms with Gasteiger partial charge in [-0.3, -0.25) is 33.8 Å². The quantitative estimate of drug-likeness (QED) is 0.0168. The van der Waals surface area contributed by atoms with Crippen LogP contribution >= 0.6 is 0 Å². The highest BCUT2D eigenvalue weighted by Crippen LogP contribution is 2.68. The van der Waals surface area contributed by atoms with Crippen LogP contribution in [0.15, 0.2) is 36.1 Å². The van der Waals surface area contributed by atoms with Gasteiger partial charge < -0.3 is 204 Å². The number of nitrogens with two attached hydrogens (primary N) is 2. The smallest absolute Gasteiger partial charge is 0.509 e. The second kappa shape index (κ2) is 46.9. The lowest BCUT2D eigenvalue weighted by molar-refractivity contribution is -0.352. The van der Waals surface area contributed by atoms with E-state index >= 15 is 0 Å². The van der Waals surface area contributed by atoms with Gasteiger partial charge in [0.1, 0.15) is 145 Å². The Bertz CT molecular complexity index is 4990. The number of likely N-dealkylation sites (tertiary alicyclic amines) is 2. The van der Waals surface area contributed by atoms with Crippen LogP contribution < -0.4 is 46.9 Å². The first-order valence-electron chi connectivity index (χ1n) is 51.3. The number of aromatic hydroxyl groups is 1. The monoisotopic (exact) mass is 2100 g/mol. The molecule has 0 radical (unpaired) electrons. The van der Waals surface area contributed by atoms with Crippen molar-refractivity contribution in [2.75, 3.05) is 107 Å². The fraction of sp³-hybridized carbons (Fsp3) is 0.786. The van der Waals surface area contributed by atoms with Crippen LogP contribution in [0, 0.1) is 11.8 Å². The van der Waals surface area contributed by atoms with Crippen LogP contribution in [-0.4, -0.2) is 455 Å². The number of phenolic OH excluding ortho intramolecular Hbond substituents is 1. The van der Waals surface area contributed by atoms with E-state index in [1.165, 1.54) is 55.1 Å². The molecule has 148 heavy (non-hydrogen) atoms. The number of aliphatic hydroxyl groups excluding tert-OH is 13. The lowest BCUT2D eigenvalue weighted by Gasteiger charge is -2.63. The molecule has 828 valence electrons. The third-order valence-corrected chi connectivity index (χ3v) is 32.7. The fourth-order valence-corrected chi connectivity index (χ4v) is 25.1. The number of nitrogens with zero attached hydrogens (tertiary/aromatic N) is 2. The SMILES string of the molecule is CO[C@@H]1OC(CO)[C@@H](O[C@@H]2OC(CO)[C@@H](O[C@@H]3OC(CO)[C@@H](OC)[C@H](O)C3NC(C)=O)[C@H](O)C2NC(=O)CCCCCOC(=O)O[C@@]23CCC(=O)[C@@H]4Oc5c(O)ccc6c5[C@@]42CCN(CC2CC2)[C@@H]3C6)[C@H](O)C1N.CO[C@@H]1OC(CO)[C@@H](O[C@@H]2OC(CO)[C@@H](O[C@@H]3OC(CO)[C@@H](OC)[C@H](O)C3NC(C)=O)[C@H](O)C2NC(=O)CCCCCOC(=O)Oc2ccc3c4c2O[C@H]2C(O)=CC[C@@]5(O)[C@@H](C3)N(CC3CC3)CC[C@]425)[C@H](O)C1N. The molecule has 11 fully saturated rings. The summed E-state index contributed by atoms with van der Waals surface area (Å²) in [7, 11) is 5.13. The molecule has 38 atom stereocenters. The van der Waals surface area contributed by atoms with Crippen molar-refractivity contribution in [1.82, 2.24) is 31.1 Å². The number of amides is 4. The minimum absolute atomic E-state index is 0.0418. The maximum atomic E-state index is 13.8. The van der Waals surface area contributed by atoms with Crippen LogP contribution in [0.25, 0.3) is 0 Å². The Balaban J connectivity index is 0.000000202. The van der Waals surface area contributed by atoms with Gasteiger partial charge >= 0.3 is 12.3 Å². The standard InChI is InChI=1S/2C49H72N4O21/c1-22(57)51-34-37(61)40(65-2)27(19-54)69-45(34)74-42-29(21-56)70-46(73-41-28(20-55)68-44(66-3)33(50)36(41)60)35(38(42)62)52-31(59)7-5-4-6-16-67-47(63)71-26-11-10-24-17-30-49(64)13-12-25(58)43-48(49,32(24)39(26)72-43)14-15-53(30)18-23-8-9-23;1-22(57)51-34-37(62)40(65-2)27(19-54)69-45(34)73-42-29(21-56)70-46(72-41-28(20-55)68-44(66-3)33(50)36(41)61)35(38(42)63)52-31(60)7-5-4-6-16-67-47(64)74-49-13-12-26(59)43-48(49)14-15-53(18-23-8-9-23)30(49)17-24-10-11-25(58)39(71-43)32(24)48/h10-12,23,27-30,33-38,40-46,54-56,58,60-62,64H,4-9,13-21,50H2,1-3H3,(H,51,57)(H,52,59);10-11,23,27-30,33-38,40-46,54-56,58,61-63H,4-9,12-21,50H2,1-3H3,(H,51,57)(H,52,60)/t2*27?,28?,29?,30-,33?,34?,35?,36-,37-,38-,40-,41-,42-,43+,44-,45+,46+,48+,49-/m11/s1. The van der Waals surface area contributed by atoms with E-state index in [4.69, 9.17) is 106 Å². The van der Waals surface area contributed by atoms with Gasteiger partial charge in [0.2, 0.25) is 23.6 Å². The Morgan fingerprint density at radius 2 is 0.858 bits per heavy atom. The topological polar surface area (TPSA) is 714 Å². The number of Topliss-reactive ketones (excluding diaryl/α,β-unsaturated/α-hetero) is 1. The molecule has 10 heterocycles. The second-order valence-electron chi connectivity index (χ2n) is 41.6. The van der Waals surface area contributed by atoms with Crippen molar-refractivity contribution >= 4 is 41.7 Å². The number of ketones is 1. The van der Waals surface area contributed by atoms with Gasteiger partial charge in [-0.05, 0) is 151 Å². The zero-order chi connectivity index (χ0) is 106. The van der Waals surface area contributed by atoms with E-state index in [-0.39, 0.29) is 99.0 Å². The number of carbonyl (C=O) groups excluding carboxylic acids is 7. The number of nitrogens with one attached hydrogen (secondary N) is 4. The van der Waals surface area contributed by atoms with Gasteiger partial charge in [-0.2, -0.15) is 0 Å². The van der Waals surface area contributed by atoms with Crippen LogP contribution in [0.4, 0.5) is 9.59 Å². The number of benzene rings is 2. The van der Waals surface area contributed by atoms with Gasteiger partial charge in [-0.1, -0.05) is 12.1 Å². The first-order valence-corrected chi connectivity index (χ1v) is 51.3. The van der Waals surface area contributed by atoms with Crippen LogP contribution in [0.2, 0.25) is 0 Å². The molecule has 2 aromatic carbocycles. The number of hydrogen-bond donors (Lipinski definition) is 21. The van der Waals surface area contributed by atoms with Crippen LogP contribution in [0.5, 0.6) is 23.0 Å². The van der Waals surface area contributed by atoms with E-state index in [9.17, 15) is 110 Å². The first kappa shape index (κ1) is 111. The van der Waals surface area contributed by atoms with Gasteiger partial charge in [-0.15, -0.1) is 0 Å². The summed E-state index contributed by atoms with van der Waals surface area (Å²) in [5.74, 6) is -0.659. The number of ether oxygens (including phenoxy) is 20. The number of methoxy groups -OCH3 is 4. The van der Waals surface area contributed by atoms with E-state index in [1.54, 1.807) is 18.2 Å². The minimum Gasteiger partial charge on any atom is -0.509 e. The van der Waals surface area contributed by atoms with Gasteiger partial charge in [0, 0.05) is 98.2 Å². The third kappa shape index (κ3) is 21.3. The van der Waals surface area contributed by atoms with Crippen molar-refractivity contribution in [2.45, 2.75) is 366 Å². The van der Waals surface area contributed by atoms with Gasteiger partial charge in [0.05, 0.1) is 87.4 Å². The summed E-state index contributed by atoms with van der Waals surface area (Å²) < 4.78 is 117. The minimum atomic E-state index is -1.81. The molecule has 2 spiro atoms. The molecule has 18 rings (SSSR count). The third-order valence-electron chi connectivity index (χ3n) is 32.7. The summed E-state index contributed by atoms with van der Waals surface area (Å²) in [4.78, 5) is 97.4. The van der Waals surface area contributed by atoms with Crippen molar-refractivity contribution in [2.24, 2.45) is 23.3 Å². The predicted molar refractivity (Wildman–Crippen MR) is 499 cm³/mol. The van der Waals surface area contributed by atoms with E-state index in [0.717, 1.165) is 54.7 Å². The molecule has 23 N–H and O–H groups in total. The van der Waals surface area contributed by atoms with E-state index in [0.29, 0.717) is 75.5 Å². The predicted octanol–water partition coefficient (Wildman–Crippen LogP) is -5.41. The number of rotatable bonds is 40. The molecule has 2 aromatic rings. The summed E-state index contributed by atoms with van der Waals surface area (Å²) in [6.07, 6.45) is -27.2. The second-order valence-corrected chi connectivity index (χ2v) is 41.6. The maximum absolute atomic E-state index is 13.8. The zero-order valence-corrected chi connectivity index (χ0v) is 83.4. The molecule has 4 bridgehead atoms. The summed E-state index contributed by atoms with van der Waals surface area (Å²) in [6, 6.07) is -1.46. The normalized spacial score (nSPS) is 40.4. The Morgan fingerprint density at radius 3 is 1.30 bits per heavy atom. The molecular weight excluding hydrogens is 1960 g/mol. The number of phenols is 1. The Labute approximate surface area is 852 Å². The molecule has 3 saturated carbocycles. The molecule has 10 aliphatic heterocycles. The van der Waals surface area contributed by atoms with Crippen molar-refractivity contribution in [1.29, 1.82) is 0 Å². The highest BCUT2D eigenvalue weighted by molar-refractivity contribution is 5.90. The molecule has 50 nitrogen and oxygen atoms in total. The van der Waals surface area contributed by atoms with Gasteiger partial charge in [0.25, 0.3) is 0 Å². The van der Waals surface area contributed by atoms with Crippen molar-refractivity contribution < 1.29 is 205 Å². The summed E-state index contributed by atoms with van der Waals surface area (Å²) in [5, 5.41) is 176. The molecular formula is C98H144N8O42. The van der Waals surface area contributed by atoms with Crippen molar-refractivity contribution in [3.8, 4) is 23.0 Å². The van der Waals surface area contributed by atoms with Crippen LogP contribution in [-0.2, 0) is 128 Å². The molecule has 0 aromatic heterocycles.